The molecule has 1 fully saturated rings. The molecule has 2 N–H and O–H groups in total. The second-order valence-corrected chi connectivity index (χ2v) is 6.52. The van der Waals surface area contributed by atoms with Crippen molar-refractivity contribution in [3.8, 4) is 0 Å². The van der Waals surface area contributed by atoms with Crippen LogP contribution in [0.15, 0.2) is 0 Å². The molecule has 1 rings (SSSR count). The zero-order valence-electron chi connectivity index (χ0n) is 11.4. The van der Waals surface area contributed by atoms with E-state index >= 15 is 0 Å². The van der Waals surface area contributed by atoms with Crippen molar-refractivity contribution in [1.82, 2.24) is 5.32 Å². The van der Waals surface area contributed by atoms with Crippen molar-refractivity contribution in [3.63, 3.8) is 0 Å². The number of hydrogen-bond acceptors (Lipinski definition) is 2. The largest absolute Gasteiger partial charge is 0.396 e. The van der Waals surface area contributed by atoms with Crippen molar-refractivity contribution < 1.29 is 5.11 Å². The minimum absolute atomic E-state index is 0.220. The van der Waals surface area contributed by atoms with Crippen LogP contribution >= 0.6 is 0 Å². The minimum Gasteiger partial charge on any atom is -0.396 e. The molecule has 1 aliphatic rings. The quantitative estimate of drug-likeness (QED) is 0.757. The van der Waals surface area contributed by atoms with Crippen LogP contribution < -0.4 is 5.32 Å². The molecule has 96 valence electrons. The standard InChI is InChI=1S/C14H29NO/c1-11-5-6-13(12(2)9-11)15-10-14(3,4)7-8-16/h11-13,15-16H,5-10H2,1-4H3. The van der Waals surface area contributed by atoms with E-state index in [2.05, 4.69) is 33.0 Å². The second-order valence-electron chi connectivity index (χ2n) is 6.52. The minimum atomic E-state index is 0.220. The first-order chi connectivity index (χ1) is 7.44. The Morgan fingerprint density at radius 1 is 1.25 bits per heavy atom. The van der Waals surface area contributed by atoms with Crippen LogP contribution in [0.2, 0.25) is 0 Å². The van der Waals surface area contributed by atoms with Gasteiger partial charge in [0.15, 0.2) is 0 Å². The summed E-state index contributed by atoms with van der Waals surface area (Å²) in [5, 5.41) is 12.7. The fourth-order valence-corrected chi connectivity index (χ4v) is 2.77. The molecule has 0 aromatic rings. The molecule has 0 spiro atoms. The Bertz CT molecular complexity index is 203. The lowest BCUT2D eigenvalue weighted by Gasteiger charge is -2.36. The molecule has 0 bridgehead atoms. The van der Waals surface area contributed by atoms with Crippen molar-refractivity contribution in [2.24, 2.45) is 17.3 Å². The Balaban J connectivity index is 2.32. The highest BCUT2D eigenvalue weighted by Gasteiger charge is 2.26. The average molecular weight is 227 g/mol. The lowest BCUT2D eigenvalue weighted by atomic mass is 9.79. The van der Waals surface area contributed by atoms with Gasteiger partial charge in [-0.15, -0.1) is 0 Å². The van der Waals surface area contributed by atoms with Gasteiger partial charge in [-0.05, 0) is 42.9 Å². The smallest absolute Gasteiger partial charge is 0.0436 e. The molecule has 0 heterocycles. The van der Waals surface area contributed by atoms with Crippen LogP contribution in [0.3, 0.4) is 0 Å². The van der Waals surface area contributed by atoms with Gasteiger partial charge in [0.05, 0.1) is 0 Å². The molecule has 0 saturated heterocycles. The van der Waals surface area contributed by atoms with Gasteiger partial charge in [0, 0.05) is 19.2 Å². The first kappa shape index (κ1) is 14.0. The van der Waals surface area contributed by atoms with Gasteiger partial charge in [-0.25, -0.2) is 0 Å². The van der Waals surface area contributed by atoms with Crippen LogP contribution in [0.5, 0.6) is 0 Å². The van der Waals surface area contributed by atoms with Crippen LogP contribution in [0.1, 0.15) is 53.4 Å². The zero-order chi connectivity index (χ0) is 12.2. The van der Waals surface area contributed by atoms with Crippen LogP contribution in [0.4, 0.5) is 0 Å². The Morgan fingerprint density at radius 3 is 2.50 bits per heavy atom. The Hall–Kier alpha value is -0.0800. The van der Waals surface area contributed by atoms with Crippen molar-refractivity contribution in [2.75, 3.05) is 13.2 Å². The highest BCUT2D eigenvalue weighted by molar-refractivity contribution is 4.83. The molecule has 1 saturated carbocycles. The van der Waals surface area contributed by atoms with Crippen LogP contribution in [0, 0.1) is 17.3 Å². The maximum atomic E-state index is 9.00. The summed E-state index contributed by atoms with van der Waals surface area (Å²) in [6.45, 7) is 10.5. The van der Waals surface area contributed by atoms with E-state index in [4.69, 9.17) is 5.11 Å². The molecular formula is C14H29NO. The summed E-state index contributed by atoms with van der Waals surface area (Å²) in [7, 11) is 0. The maximum Gasteiger partial charge on any atom is 0.0436 e. The molecule has 16 heavy (non-hydrogen) atoms. The van der Waals surface area contributed by atoms with Gasteiger partial charge in [0.1, 0.15) is 0 Å². The third-order valence-corrected chi connectivity index (χ3v) is 4.06. The third-order valence-electron chi connectivity index (χ3n) is 4.06. The monoisotopic (exact) mass is 227 g/mol. The summed E-state index contributed by atoms with van der Waals surface area (Å²) in [6, 6.07) is 0.689. The Kier molecular flexibility index (Phi) is 5.26. The van der Waals surface area contributed by atoms with Crippen LogP contribution in [0.25, 0.3) is 0 Å². The van der Waals surface area contributed by atoms with E-state index in [1.807, 2.05) is 0 Å². The number of aliphatic hydroxyl groups excluding tert-OH is 1. The second kappa shape index (κ2) is 6.02. The number of aliphatic hydroxyl groups is 1. The Labute approximate surface area is 101 Å². The maximum absolute atomic E-state index is 9.00. The van der Waals surface area contributed by atoms with Crippen molar-refractivity contribution in [1.29, 1.82) is 0 Å². The fraction of sp³-hybridized carbons (Fsp3) is 1.00. The first-order valence-corrected chi connectivity index (χ1v) is 6.79. The van der Waals surface area contributed by atoms with E-state index in [-0.39, 0.29) is 5.41 Å². The number of nitrogens with one attached hydrogen (secondary N) is 1. The van der Waals surface area contributed by atoms with E-state index in [0.717, 1.165) is 24.8 Å². The van der Waals surface area contributed by atoms with Crippen molar-refractivity contribution in [2.45, 2.75) is 59.4 Å². The summed E-state index contributed by atoms with van der Waals surface area (Å²) >= 11 is 0. The highest BCUT2D eigenvalue weighted by Crippen LogP contribution is 2.29. The van der Waals surface area contributed by atoms with Gasteiger partial charge >= 0.3 is 0 Å². The molecule has 0 aliphatic heterocycles. The molecule has 0 aromatic heterocycles. The normalized spacial score (nSPS) is 31.7. The van der Waals surface area contributed by atoms with Gasteiger partial charge in [-0.1, -0.05) is 27.7 Å². The van der Waals surface area contributed by atoms with Gasteiger partial charge in [0.25, 0.3) is 0 Å². The summed E-state index contributed by atoms with van der Waals surface area (Å²) in [4.78, 5) is 0. The van der Waals surface area contributed by atoms with Gasteiger partial charge < -0.3 is 10.4 Å². The van der Waals surface area contributed by atoms with E-state index < -0.39 is 0 Å². The van der Waals surface area contributed by atoms with E-state index in [1.165, 1.54) is 19.3 Å². The predicted octanol–water partition coefficient (Wildman–Crippen LogP) is 2.81. The molecule has 0 amide bonds. The molecule has 1 aliphatic carbocycles. The topological polar surface area (TPSA) is 32.3 Å². The van der Waals surface area contributed by atoms with E-state index in [1.54, 1.807) is 0 Å². The third kappa shape index (κ3) is 4.42. The summed E-state index contributed by atoms with van der Waals surface area (Å²) < 4.78 is 0. The predicted molar refractivity (Wildman–Crippen MR) is 69.5 cm³/mol. The molecule has 3 unspecified atom stereocenters. The van der Waals surface area contributed by atoms with E-state index in [0.29, 0.717) is 12.6 Å². The van der Waals surface area contributed by atoms with E-state index in [9.17, 15) is 0 Å². The van der Waals surface area contributed by atoms with Crippen molar-refractivity contribution in [3.05, 3.63) is 0 Å². The van der Waals surface area contributed by atoms with Gasteiger partial charge in [0.2, 0.25) is 0 Å². The highest BCUT2D eigenvalue weighted by atomic mass is 16.3. The molecule has 2 nitrogen and oxygen atoms in total. The fourth-order valence-electron chi connectivity index (χ4n) is 2.77. The lowest BCUT2D eigenvalue weighted by Crippen LogP contribution is -2.43. The van der Waals surface area contributed by atoms with Gasteiger partial charge in [-0.3, -0.25) is 0 Å². The summed E-state index contributed by atoms with van der Waals surface area (Å²) in [5.41, 5.74) is 0.220. The van der Waals surface area contributed by atoms with Crippen molar-refractivity contribution >= 4 is 0 Å². The number of hydrogen-bond donors (Lipinski definition) is 2. The zero-order valence-corrected chi connectivity index (χ0v) is 11.4. The van der Waals surface area contributed by atoms with Crippen LogP contribution in [-0.4, -0.2) is 24.3 Å². The summed E-state index contributed by atoms with van der Waals surface area (Å²) in [5.74, 6) is 1.70. The average Bonchev–Trinajstić information content (AvgIpc) is 2.16. The van der Waals surface area contributed by atoms with Gasteiger partial charge in [-0.2, -0.15) is 0 Å². The number of rotatable bonds is 5. The Morgan fingerprint density at radius 2 is 1.94 bits per heavy atom. The van der Waals surface area contributed by atoms with Crippen LogP contribution in [-0.2, 0) is 0 Å². The molecular weight excluding hydrogens is 198 g/mol. The molecule has 0 radical (unpaired) electrons. The molecule has 0 aromatic carbocycles. The lowest BCUT2D eigenvalue weighted by molar-refractivity contribution is 0.176. The molecule has 3 atom stereocenters. The first-order valence-electron chi connectivity index (χ1n) is 6.79. The SMILES string of the molecule is CC1CCC(NCC(C)(C)CCO)C(C)C1. The summed E-state index contributed by atoms with van der Waals surface area (Å²) in [6.07, 6.45) is 4.93. The molecule has 2 heteroatoms.